The molecular weight excluding hydrogens is 299 g/mol. The van der Waals surface area contributed by atoms with Gasteiger partial charge in [-0.2, -0.15) is 0 Å². The molecule has 6 heteroatoms. The highest BCUT2D eigenvalue weighted by Gasteiger charge is 2.27. The number of likely N-dealkylation sites (tertiary alicyclic amines) is 1. The topological polar surface area (TPSA) is 76.5 Å². The molecule has 0 bridgehead atoms. The van der Waals surface area contributed by atoms with Gasteiger partial charge in [0.1, 0.15) is 11.6 Å². The maximum Gasteiger partial charge on any atom is 0.289 e. The van der Waals surface area contributed by atoms with E-state index >= 15 is 0 Å². The number of carbonyl (C=O) groups excluding carboxylic acids is 2. The minimum Gasteiger partial charge on any atom is -0.451 e. The minimum atomic E-state index is -0.325. The van der Waals surface area contributed by atoms with Gasteiger partial charge < -0.3 is 15.1 Å². The number of hydrogen-bond acceptors (Lipinski definition) is 3. The molecule has 1 aliphatic heterocycles. The summed E-state index contributed by atoms with van der Waals surface area (Å²) in [6.45, 7) is 0.970. The van der Waals surface area contributed by atoms with Gasteiger partial charge >= 0.3 is 0 Å². The van der Waals surface area contributed by atoms with Crippen molar-refractivity contribution in [1.29, 1.82) is 0 Å². The molecule has 0 unspecified atom stereocenters. The van der Waals surface area contributed by atoms with Gasteiger partial charge in [0.15, 0.2) is 5.76 Å². The molecule has 3 rings (SSSR count). The second-order valence-electron chi connectivity index (χ2n) is 5.64. The number of nitrogens with zero attached hydrogens (tertiary/aromatic N) is 1. The number of primary amides is 1. The zero-order valence-electron chi connectivity index (χ0n) is 12.5. The molecule has 0 atom stereocenters. The van der Waals surface area contributed by atoms with Gasteiger partial charge in [-0.25, -0.2) is 4.39 Å². The maximum absolute atomic E-state index is 12.9. The largest absolute Gasteiger partial charge is 0.451 e. The van der Waals surface area contributed by atoms with E-state index in [0.717, 1.165) is 0 Å². The van der Waals surface area contributed by atoms with Crippen molar-refractivity contribution in [2.24, 2.45) is 11.7 Å². The van der Waals surface area contributed by atoms with Crippen molar-refractivity contribution >= 4 is 11.8 Å². The number of piperidine rings is 1. The van der Waals surface area contributed by atoms with Crippen molar-refractivity contribution in [2.45, 2.75) is 12.8 Å². The van der Waals surface area contributed by atoms with Crippen LogP contribution in [-0.4, -0.2) is 29.8 Å². The summed E-state index contributed by atoms with van der Waals surface area (Å²) < 4.78 is 18.5. The molecule has 0 radical (unpaired) electrons. The lowest BCUT2D eigenvalue weighted by Crippen LogP contribution is -2.41. The summed E-state index contributed by atoms with van der Waals surface area (Å²) in [6.07, 6.45) is 1.15. The first-order valence-electron chi connectivity index (χ1n) is 7.49. The molecule has 1 aromatic heterocycles. The molecule has 120 valence electrons. The Morgan fingerprint density at radius 1 is 1.09 bits per heavy atom. The van der Waals surface area contributed by atoms with Crippen molar-refractivity contribution in [1.82, 2.24) is 4.90 Å². The van der Waals surface area contributed by atoms with E-state index in [1.165, 1.54) is 12.1 Å². The predicted octanol–water partition coefficient (Wildman–Crippen LogP) is 2.42. The number of furan rings is 1. The highest BCUT2D eigenvalue weighted by atomic mass is 19.1. The molecule has 2 amide bonds. The standard InChI is InChI=1S/C17H17FN2O3/c18-13-3-1-11(2-4-13)14-5-6-15(23-14)17(22)20-9-7-12(8-10-20)16(19)21/h1-6,12H,7-10H2,(H2,19,21). The summed E-state index contributed by atoms with van der Waals surface area (Å²) in [5.74, 6) is -0.253. The van der Waals surface area contributed by atoms with Crippen LogP contribution in [0.3, 0.4) is 0 Å². The zero-order chi connectivity index (χ0) is 16.4. The number of hydrogen-bond donors (Lipinski definition) is 1. The van der Waals surface area contributed by atoms with Crippen LogP contribution in [0.25, 0.3) is 11.3 Å². The van der Waals surface area contributed by atoms with Crippen LogP contribution in [0.1, 0.15) is 23.4 Å². The Morgan fingerprint density at radius 3 is 2.35 bits per heavy atom. The zero-order valence-corrected chi connectivity index (χ0v) is 12.5. The SMILES string of the molecule is NC(=O)C1CCN(C(=O)c2ccc(-c3ccc(F)cc3)o2)CC1. The number of amides is 2. The van der Waals surface area contributed by atoms with Gasteiger partial charge in [0.25, 0.3) is 5.91 Å². The van der Waals surface area contributed by atoms with Gasteiger partial charge in [0.2, 0.25) is 5.91 Å². The van der Waals surface area contributed by atoms with Gasteiger partial charge in [0.05, 0.1) is 0 Å². The molecule has 0 saturated carbocycles. The van der Waals surface area contributed by atoms with Crippen LogP contribution in [0.4, 0.5) is 4.39 Å². The van der Waals surface area contributed by atoms with Gasteiger partial charge in [-0.15, -0.1) is 0 Å². The first kappa shape index (κ1) is 15.3. The Balaban J connectivity index is 1.69. The van der Waals surface area contributed by atoms with Gasteiger partial charge in [-0.1, -0.05) is 0 Å². The van der Waals surface area contributed by atoms with Crippen molar-refractivity contribution in [3.8, 4) is 11.3 Å². The molecule has 23 heavy (non-hydrogen) atoms. The molecule has 0 aliphatic carbocycles. The normalized spacial score (nSPS) is 15.6. The van der Waals surface area contributed by atoms with Crippen LogP contribution in [0.15, 0.2) is 40.8 Å². The Morgan fingerprint density at radius 2 is 1.74 bits per heavy atom. The quantitative estimate of drug-likeness (QED) is 0.944. The fraction of sp³-hybridized carbons (Fsp3) is 0.294. The third kappa shape index (κ3) is 3.26. The molecule has 1 aromatic carbocycles. The van der Waals surface area contributed by atoms with Crippen molar-refractivity contribution in [2.75, 3.05) is 13.1 Å². The molecule has 2 aromatic rings. The maximum atomic E-state index is 12.9. The summed E-state index contributed by atoms with van der Waals surface area (Å²) in [6, 6.07) is 9.18. The highest BCUT2D eigenvalue weighted by Crippen LogP contribution is 2.24. The second-order valence-corrected chi connectivity index (χ2v) is 5.64. The fourth-order valence-electron chi connectivity index (χ4n) is 2.75. The van der Waals surface area contributed by atoms with E-state index in [-0.39, 0.29) is 29.3 Å². The molecule has 0 spiro atoms. The number of carbonyl (C=O) groups is 2. The van der Waals surface area contributed by atoms with E-state index in [4.69, 9.17) is 10.2 Å². The number of benzene rings is 1. The summed E-state index contributed by atoms with van der Waals surface area (Å²) >= 11 is 0. The Hall–Kier alpha value is -2.63. The molecule has 2 N–H and O–H groups in total. The van der Waals surface area contributed by atoms with E-state index in [1.807, 2.05) is 0 Å². The molecule has 1 fully saturated rings. The average Bonchev–Trinajstić information content (AvgIpc) is 3.05. The third-order valence-electron chi connectivity index (χ3n) is 4.13. The second kappa shape index (κ2) is 6.24. The molecule has 1 saturated heterocycles. The van der Waals surface area contributed by atoms with Crippen LogP contribution in [0.2, 0.25) is 0 Å². The summed E-state index contributed by atoms with van der Waals surface area (Å²) in [5, 5.41) is 0. The Bertz CT molecular complexity index is 716. The number of nitrogens with two attached hydrogens (primary N) is 1. The first-order valence-corrected chi connectivity index (χ1v) is 7.49. The van der Waals surface area contributed by atoms with Crippen molar-refractivity contribution < 1.29 is 18.4 Å². The van der Waals surface area contributed by atoms with E-state index in [9.17, 15) is 14.0 Å². The summed E-state index contributed by atoms with van der Waals surface area (Å²) in [7, 11) is 0. The van der Waals surface area contributed by atoms with Crippen molar-refractivity contribution in [3.05, 3.63) is 48.0 Å². The third-order valence-corrected chi connectivity index (χ3v) is 4.13. The lowest BCUT2D eigenvalue weighted by molar-refractivity contribution is -0.123. The number of halogens is 1. The molecular formula is C17H17FN2O3. The lowest BCUT2D eigenvalue weighted by Gasteiger charge is -2.29. The Kier molecular flexibility index (Phi) is 4.14. The van der Waals surface area contributed by atoms with E-state index < -0.39 is 0 Å². The minimum absolute atomic E-state index is 0.162. The Labute approximate surface area is 132 Å². The van der Waals surface area contributed by atoms with Gasteiger partial charge in [0, 0.05) is 24.6 Å². The fourth-order valence-corrected chi connectivity index (χ4v) is 2.75. The molecule has 5 nitrogen and oxygen atoms in total. The monoisotopic (exact) mass is 316 g/mol. The molecule has 1 aliphatic rings. The number of rotatable bonds is 3. The van der Waals surface area contributed by atoms with Crippen LogP contribution in [0.5, 0.6) is 0 Å². The summed E-state index contributed by atoms with van der Waals surface area (Å²) in [4.78, 5) is 25.2. The smallest absolute Gasteiger partial charge is 0.289 e. The van der Waals surface area contributed by atoms with Gasteiger partial charge in [-0.05, 0) is 49.2 Å². The van der Waals surface area contributed by atoms with E-state index in [1.54, 1.807) is 29.2 Å². The van der Waals surface area contributed by atoms with Crippen LogP contribution < -0.4 is 5.73 Å². The van der Waals surface area contributed by atoms with Crippen LogP contribution >= 0.6 is 0 Å². The molecule has 2 heterocycles. The van der Waals surface area contributed by atoms with Crippen molar-refractivity contribution in [3.63, 3.8) is 0 Å². The predicted molar refractivity (Wildman–Crippen MR) is 81.9 cm³/mol. The summed E-state index contributed by atoms with van der Waals surface area (Å²) in [5.41, 5.74) is 6.00. The van der Waals surface area contributed by atoms with Gasteiger partial charge in [-0.3, -0.25) is 9.59 Å². The lowest BCUT2D eigenvalue weighted by atomic mass is 9.96. The van der Waals surface area contributed by atoms with Crippen LogP contribution in [0, 0.1) is 11.7 Å². The van der Waals surface area contributed by atoms with E-state index in [2.05, 4.69) is 0 Å². The first-order chi connectivity index (χ1) is 11.0. The highest BCUT2D eigenvalue weighted by molar-refractivity contribution is 5.92. The van der Waals surface area contributed by atoms with E-state index in [0.29, 0.717) is 37.3 Å². The van der Waals surface area contributed by atoms with Crippen LogP contribution in [-0.2, 0) is 4.79 Å². The average molecular weight is 316 g/mol.